The fraction of sp³-hybridized carbons (Fsp3) is 0.300. The van der Waals surface area contributed by atoms with Gasteiger partial charge in [-0.2, -0.15) is 0 Å². The first-order chi connectivity index (χ1) is 11.3. The Hall–Kier alpha value is -2.10. The molecule has 2 N–H and O–H groups in total. The Morgan fingerprint density at radius 1 is 1.00 bits per heavy atom. The predicted molar refractivity (Wildman–Crippen MR) is 97.1 cm³/mol. The second kappa shape index (κ2) is 7.44. The highest BCUT2D eigenvalue weighted by Crippen LogP contribution is 2.32. The lowest BCUT2D eigenvalue weighted by Gasteiger charge is -2.17. The van der Waals surface area contributed by atoms with Gasteiger partial charge in [0.15, 0.2) is 0 Å². The average Bonchev–Trinajstić information content (AvgIpc) is 2.59. The summed E-state index contributed by atoms with van der Waals surface area (Å²) in [4.78, 5) is 0. The zero-order chi connectivity index (χ0) is 16.1. The number of benzene rings is 3. The maximum atomic E-state index is 10.1. The van der Waals surface area contributed by atoms with E-state index >= 15 is 0 Å². The lowest BCUT2D eigenvalue weighted by molar-refractivity contribution is 0.0437. The van der Waals surface area contributed by atoms with Gasteiger partial charge in [0.25, 0.3) is 0 Å². The van der Waals surface area contributed by atoms with Gasteiger partial charge in [0.2, 0.25) is 0 Å². The average molecular weight is 309 g/mol. The van der Waals surface area contributed by atoms with Gasteiger partial charge in [-0.05, 0) is 23.3 Å². The fourth-order valence-corrected chi connectivity index (χ4v) is 2.85. The van der Waals surface area contributed by atoms with Crippen LogP contribution >= 0.6 is 0 Å². The van der Waals surface area contributed by atoms with Crippen LogP contribution < -0.4 is 5.32 Å². The largest absolute Gasteiger partial charge is 0.389 e. The van der Waals surface area contributed by atoms with Crippen LogP contribution in [-0.4, -0.2) is 31.0 Å². The first-order valence-corrected chi connectivity index (χ1v) is 8.19. The summed E-state index contributed by atoms with van der Waals surface area (Å²) >= 11 is 0. The molecule has 0 heterocycles. The second-order valence-electron chi connectivity index (χ2n) is 5.80. The highest BCUT2D eigenvalue weighted by Gasteiger charge is 2.09. The van der Waals surface area contributed by atoms with Crippen molar-refractivity contribution < 1.29 is 9.84 Å². The maximum Gasteiger partial charge on any atom is 0.0945 e. The molecule has 0 spiro atoms. The Kier molecular flexibility index (Phi) is 5.11. The Balaban J connectivity index is 1.88. The van der Waals surface area contributed by atoms with Crippen molar-refractivity contribution in [2.24, 2.45) is 0 Å². The quantitative estimate of drug-likeness (QED) is 0.508. The lowest BCUT2D eigenvalue weighted by atomic mass is 10.0. The molecule has 0 bridgehead atoms. The highest BCUT2D eigenvalue weighted by atomic mass is 16.5. The molecule has 0 radical (unpaired) electrons. The van der Waals surface area contributed by atoms with E-state index in [4.69, 9.17) is 4.74 Å². The van der Waals surface area contributed by atoms with Crippen LogP contribution in [0.5, 0.6) is 0 Å². The molecule has 3 heteroatoms. The zero-order valence-corrected chi connectivity index (χ0v) is 13.5. The number of hydrogen-bond acceptors (Lipinski definition) is 3. The third-order valence-corrected chi connectivity index (χ3v) is 3.94. The van der Waals surface area contributed by atoms with E-state index in [9.17, 15) is 5.11 Å². The monoisotopic (exact) mass is 309 g/mol. The number of fused-ring (bicyclic) bond motifs is 2. The first kappa shape index (κ1) is 15.8. The number of nitrogens with one attached hydrogen (secondary N) is 1. The molecule has 1 unspecified atom stereocenters. The lowest BCUT2D eigenvalue weighted by Crippen LogP contribution is -2.25. The number of aliphatic hydroxyl groups is 1. The molecular formula is C20H23NO2. The molecular weight excluding hydrogens is 286 g/mol. The summed E-state index contributed by atoms with van der Waals surface area (Å²) < 4.78 is 5.42. The normalized spacial score (nSPS) is 12.6. The predicted octanol–water partition coefficient (Wildman–Crippen LogP) is 4.19. The summed E-state index contributed by atoms with van der Waals surface area (Å²) in [6.07, 6.45) is 0.452. The van der Waals surface area contributed by atoms with Gasteiger partial charge < -0.3 is 15.2 Å². The third-order valence-electron chi connectivity index (χ3n) is 3.94. The van der Waals surface area contributed by atoms with E-state index in [0.29, 0.717) is 19.8 Å². The number of anilines is 1. The molecule has 23 heavy (non-hydrogen) atoms. The topological polar surface area (TPSA) is 41.5 Å². The van der Waals surface area contributed by atoms with Gasteiger partial charge in [0, 0.05) is 29.6 Å². The van der Waals surface area contributed by atoms with Crippen LogP contribution in [0.2, 0.25) is 0 Å². The van der Waals surface area contributed by atoms with Crippen LogP contribution in [0.15, 0.2) is 54.6 Å². The smallest absolute Gasteiger partial charge is 0.0945 e. The Morgan fingerprint density at radius 2 is 1.61 bits per heavy atom. The number of aliphatic hydroxyl groups excluding tert-OH is 1. The van der Waals surface area contributed by atoms with Crippen molar-refractivity contribution in [3.05, 3.63) is 54.6 Å². The molecule has 0 saturated carbocycles. The van der Waals surface area contributed by atoms with Gasteiger partial charge in [0.05, 0.1) is 12.7 Å². The van der Waals surface area contributed by atoms with Crippen molar-refractivity contribution >= 4 is 27.2 Å². The number of hydrogen-bond donors (Lipinski definition) is 2. The van der Waals surface area contributed by atoms with Crippen LogP contribution in [-0.2, 0) is 4.74 Å². The molecule has 1 atom stereocenters. The SMILES string of the molecule is CCCOCC(O)CNc1c2ccccc2cc2ccccc12. The Morgan fingerprint density at radius 3 is 2.22 bits per heavy atom. The molecule has 0 aliphatic carbocycles. The van der Waals surface area contributed by atoms with Crippen molar-refractivity contribution in [2.45, 2.75) is 19.4 Å². The van der Waals surface area contributed by atoms with Crippen molar-refractivity contribution in [1.29, 1.82) is 0 Å². The first-order valence-electron chi connectivity index (χ1n) is 8.19. The summed E-state index contributed by atoms with van der Waals surface area (Å²) in [6.45, 7) is 3.59. The molecule has 0 aromatic heterocycles. The molecule has 3 aromatic carbocycles. The summed E-state index contributed by atoms with van der Waals surface area (Å²) in [5.41, 5.74) is 1.08. The summed E-state index contributed by atoms with van der Waals surface area (Å²) in [5, 5.41) is 18.3. The van der Waals surface area contributed by atoms with Gasteiger partial charge >= 0.3 is 0 Å². The molecule has 3 nitrogen and oxygen atoms in total. The second-order valence-corrected chi connectivity index (χ2v) is 5.80. The minimum Gasteiger partial charge on any atom is -0.389 e. The molecule has 0 aliphatic heterocycles. The van der Waals surface area contributed by atoms with Crippen LogP contribution in [0, 0.1) is 0 Å². The van der Waals surface area contributed by atoms with Crippen molar-refractivity contribution in [3.63, 3.8) is 0 Å². The highest BCUT2D eigenvalue weighted by molar-refractivity contribution is 6.10. The van der Waals surface area contributed by atoms with Crippen molar-refractivity contribution in [1.82, 2.24) is 0 Å². The van der Waals surface area contributed by atoms with E-state index in [2.05, 4.69) is 42.6 Å². The van der Waals surface area contributed by atoms with E-state index in [1.54, 1.807) is 0 Å². The minimum atomic E-state index is -0.515. The van der Waals surface area contributed by atoms with Gasteiger partial charge in [-0.25, -0.2) is 0 Å². The van der Waals surface area contributed by atoms with E-state index in [1.807, 2.05) is 24.3 Å². The minimum absolute atomic E-state index is 0.365. The van der Waals surface area contributed by atoms with Crippen LogP contribution in [0.25, 0.3) is 21.5 Å². The summed E-state index contributed by atoms with van der Waals surface area (Å²) in [7, 11) is 0. The fourth-order valence-electron chi connectivity index (χ4n) is 2.85. The van der Waals surface area contributed by atoms with E-state index in [0.717, 1.165) is 12.1 Å². The van der Waals surface area contributed by atoms with Gasteiger partial charge in [0.1, 0.15) is 0 Å². The molecule has 3 aromatic rings. The molecule has 0 saturated heterocycles. The van der Waals surface area contributed by atoms with Crippen LogP contribution in [0.3, 0.4) is 0 Å². The molecule has 120 valence electrons. The van der Waals surface area contributed by atoms with Crippen molar-refractivity contribution in [2.75, 3.05) is 25.1 Å². The standard InChI is InChI=1S/C20H23NO2/c1-2-11-23-14-17(22)13-21-20-18-9-5-3-7-15(18)12-16-8-4-6-10-19(16)20/h3-10,12,17,21-22H,2,11,13-14H2,1H3. The Labute approximate surface area is 136 Å². The van der Waals surface area contributed by atoms with Gasteiger partial charge in [-0.3, -0.25) is 0 Å². The molecule has 3 rings (SSSR count). The van der Waals surface area contributed by atoms with Crippen LogP contribution in [0.1, 0.15) is 13.3 Å². The zero-order valence-electron chi connectivity index (χ0n) is 13.5. The van der Waals surface area contributed by atoms with Gasteiger partial charge in [-0.1, -0.05) is 55.5 Å². The maximum absolute atomic E-state index is 10.1. The Bertz CT molecular complexity index is 731. The molecule has 0 fully saturated rings. The van der Waals surface area contributed by atoms with E-state index in [-0.39, 0.29) is 0 Å². The number of rotatable bonds is 7. The third kappa shape index (κ3) is 3.63. The van der Waals surface area contributed by atoms with E-state index < -0.39 is 6.10 Å². The molecule has 0 amide bonds. The molecule has 0 aliphatic rings. The summed E-state index contributed by atoms with van der Waals surface area (Å²) in [5.74, 6) is 0. The number of ether oxygens (including phenoxy) is 1. The van der Waals surface area contributed by atoms with E-state index in [1.165, 1.54) is 21.5 Å². The van der Waals surface area contributed by atoms with Crippen LogP contribution in [0.4, 0.5) is 5.69 Å². The summed E-state index contributed by atoms with van der Waals surface area (Å²) in [6, 6.07) is 18.9. The van der Waals surface area contributed by atoms with Gasteiger partial charge in [-0.15, -0.1) is 0 Å². The van der Waals surface area contributed by atoms with Crippen molar-refractivity contribution in [3.8, 4) is 0 Å².